The van der Waals surface area contributed by atoms with Crippen molar-refractivity contribution in [2.75, 3.05) is 11.1 Å². The van der Waals surface area contributed by atoms with Gasteiger partial charge in [-0.25, -0.2) is 8.42 Å². The van der Waals surface area contributed by atoms with Gasteiger partial charge >= 0.3 is 0 Å². The monoisotopic (exact) mass is 334 g/mol. The number of hydrogen-bond donors (Lipinski definition) is 1. The van der Waals surface area contributed by atoms with Crippen LogP contribution in [0.1, 0.15) is 5.56 Å². The molecule has 0 spiro atoms. The van der Waals surface area contributed by atoms with Crippen LogP contribution in [0.5, 0.6) is 0 Å². The number of nitro benzene ring substituents is 1. The molecular formula is C15H14N2O5S. The molecule has 0 radical (unpaired) electrons. The summed E-state index contributed by atoms with van der Waals surface area (Å²) in [5.74, 6) is -1.56. The van der Waals surface area contributed by atoms with Crippen molar-refractivity contribution in [2.45, 2.75) is 5.75 Å². The Hall–Kier alpha value is -2.74. The molecule has 0 saturated carbocycles. The summed E-state index contributed by atoms with van der Waals surface area (Å²) in [4.78, 5) is 21.8. The number of rotatable bonds is 6. The number of benzene rings is 2. The van der Waals surface area contributed by atoms with E-state index in [2.05, 4.69) is 5.32 Å². The van der Waals surface area contributed by atoms with Crippen molar-refractivity contribution in [2.24, 2.45) is 0 Å². The van der Waals surface area contributed by atoms with Crippen LogP contribution in [0, 0.1) is 10.1 Å². The molecule has 0 aromatic heterocycles. The summed E-state index contributed by atoms with van der Waals surface area (Å²) in [5.41, 5.74) is 0.797. The molecule has 0 fully saturated rings. The first kappa shape index (κ1) is 16.6. The van der Waals surface area contributed by atoms with Crippen LogP contribution in [0.4, 0.5) is 11.4 Å². The van der Waals surface area contributed by atoms with E-state index in [1.54, 1.807) is 30.3 Å². The predicted octanol–water partition coefficient (Wildman–Crippen LogP) is 2.15. The Bertz CT molecular complexity index is 802. The Balaban J connectivity index is 1.97. The fourth-order valence-electron chi connectivity index (χ4n) is 1.94. The maximum absolute atomic E-state index is 12.0. The largest absolute Gasteiger partial charge is 0.325 e. The summed E-state index contributed by atoms with van der Waals surface area (Å²) in [7, 11) is -3.60. The molecule has 120 valence electrons. The van der Waals surface area contributed by atoms with E-state index in [4.69, 9.17) is 0 Å². The Kier molecular flexibility index (Phi) is 5.07. The number of carbonyl (C=O) groups is 1. The number of hydrogen-bond acceptors (Lipinski definition) is 5. The zero-order chi connectivity index (χ0) is 16.9. The number of non-ortho nitro benzene ring substituents is 1. The summed E-state index contributed by atoms with van der Waals surface area (Å²) in [6.45, 7) is 0. The minimum Gasteiger partial charge on any atom is -0.325 e. The van der Waals surface area contributed by atoms with E-state index in [0.29, 0.717) is 11.3 Å². The number of nitrogens with one attached hydrogen (secondary N) is 1. The molecule has 0 heterocycles. The van der Waals surface area contributed by atoms with E-state index in [0.717, 1.165) is 0 Å². The van der Waals surface area contributed by atoms with Crippen LogP contribution < -0.4 is 5.32 Å². The maximum Gasteiger partial charge on any atom is 0.269 e. The molecule has 2 aromatic carbocycles. The van der Waals surface area contributed by atoms with Gasteiger partial charge in [-0.15, -0.1) is 0 Å². The van der Waals surface area contributed by atoms with Gasteiger partial charge in [0.25, 0.3) is 5.69 Å². The lowest BCUT2D eigenvalue weighted by Gasteiger charge is -2.06. The van der Waals surface area contributed by atoms with Crippen molar-refractivity contribution in [3.05, 3.63) is 70.3 Å². The molecule has 7 nitrogen and oxygen atoms in total. The minimum atomic E-state index is -3.60. The number of carbonyl (C=O) groups excluding carboxylic acids is 1. The zero-order valence-corrected chi connectivity index (χ0v) is 12.8. The molecule has 0 saturated heterocycles. The summed E-state index contributed by atoms with van der Waals surface area (Å²) in [6.07, 6.45) is 0. The molecule has 0 aliphatic rings. The van der Waals surface area contributed by atoms with Gasteiger partial charge in [0.1, 0.15) is 5.75 Å². The lowest BCUT2D eigenvalue weighted by atomic mass is 10.2. The third-order valence-electron chi connectivity index (χ3n) is 2.94. The van der Waals surface area contributed by atoms with Crippen molar-refractivity contribution in [1.29, 1.82) is 0 Å². The van der Waals surface area contributed by atoms with Crippen molar-refractivity contribution >= 4 is 27.1 Å². The predicted molar refractivity (Wildman–Crippen MR) is 85.7 cm³/mol. The second-order valence-corrected chi connectivity index (χ2v) is 6.93. The highest BCUT2D eigenvalue weighted by molar-refractivity contribution is 7.91. The fourth-order valence-corrected chi connectivity index (χ4v) is 3.22. The van der Waals surface area contributed by atoms with Gasteiger partial charge in [-0.3, -0.25) is 14.9 Å². The average molecular weight is 334 g/mol. The van der Waals surface area contributed by atoms with E-state index in [9.17, 15) is 23.3 Å². The quantitative estimate of drug-likeness (QED) is 0.643. The van der Waals surface area contributed by atoms with Crippen LogP contribution in [0.2, 0.25) is 0 Å². The Morgan fingerprint density at radius 3 is 2.22 bits per heavy atom. The summed E-state index contributed by atoms with van der Waals surface area (Å²) >= 11 is 0. The van der Waals surface area contributed by atoms with Crippen LogP contribution in [0.25, 0.3) is 0 Å². The lowest BCUT2D eigenvalue weighted by Crippen LogP contribution is -2.23. The normalized spacial score (nSPS) is 11.0. The molecular weight excluding hydrogens is 320 g/mol. The molecule has 0 aliphatic carbocycles. The first-order valence-electron chi connectivity index (χ1n) is 6.64. The smallest absolute Gasteiger partial charge is 0.269 e. The summed E-state index contributed by atoms with van der Waals surface area (Å²) < 4.78 is 24.0. The minimum absolute atomic E-state index is 0.111. The van der Waals surface area contributed by atoms with Gasteiger partial charge in [0, 0.05) is 17.8 Å². The van der Waals surface area contributed by atoms with E-state index >= 15 is 0 Å². The van der Waals surface area contributed by atoms with E-state index < -0.39 is 26.4 Å². The highest BCUT2D eigenvalue weighted by Crippen LogP contribution is 2.15. The highest BCUT2D eigenvalue weighted by Gasteiger charge is 2.17. The SMILES string of the molecule is O=C(CS(=O)(=O)Cc1ccccc1)Nc1ccc([N+](=O)[O-])cc1. The topological polar surface area (TPSA) is 106 Å². The number of anilines is 1. The van der Waals surface area contributed by atoms with Crippen molar-refractivity contribution in [3.63, 3.8) is 0 Å². The first-order valence-corrected chi connectivity index (χ1v) is 8.46. The number of sulfone groups is 1. The second-order valence-electron chi connectivity index (χ2n) is 4.87. The van der Waals surface area contributed by atoms with Crippen LogP contribution in [-0.4, -0.2) is 25.0 Å². The average Bonchev–Trinajstić information content (AvgIpc) is 2.47. The van der Waals surface area contributed by atoms with E-state index in [-0.39, 0.29) is 11.4 Å². The van der Waals surface area contributed by atoms with E-state index in [1.165, 1.54) is 24.3 Å². The number of amides is 1. The summed E-state index contributed by atoms with van der Waals surface area (Å²) in [6, 6.07) is 13.7. The highest BCUT2D eigenvalue weighted by atomic mass is 32.2. The van der Waals surface area contributed by atoms with Crippen LogP contribution in [0.3, 0.4) is 0 Å². The van der Waals surface area contributed by atoms with Gasteiger partial charge in [-0.05, 0) is 17.7 Å². The lowest BCUT2D eigenvalue weighted by molar-refractivity contribution is -0.384. The zero-order valence-electron chi connectivity index (χ0n) is 12.0. The first-order chi connectivity index (χ1) is 10.9. The maximum atomic E-state index is 12.0. The molecule has 0 aliphatic heterocycles. The van der Waals surface area contributed by atoms with Crippen molar-refractivity contribution in [1.82, 2.24) is 0 Å². The van der Waals surface area contributed by atoms with Crippen LogP contribution in [0.15, 0.2) is 54.6 Å². The van der Waals surface area contributed by atoms with Crippen LogP contribution >= 0.6 is 0 Å². The molecule has 1 amide bonds. The Labute approximate surface area is 133 Å². The van der Waals surface area contributed by atoms with Crippen molar-refractivity contribution < 1.29 is 18.1 Å². The molecule has 1 N–H and O–H groups in total. The molecule has 0 atom stereocenters. The van der Waals surface area contributed by atoms with Gasteiger partial charge in [0.2, 0.25) is 5.91 Å². The third-order valence-corrected chi connectivity index (χ3v) is 4.42. The Morgan fingerprint density at radius 1 is 1.04 bits per heavy atom. The van der Waals surface area contributed by atoms with Gasteiger partial charge in [-0.2, -0.15) is 0 Å². The molecule has 0 unspecified atom stereocenters. The van der Waals surface area contributed by atoms with Gasteiger partial charge in [0.05, 0.1) is 10.7 Å². The van der Waals surface area contributed by atoms with Crippen LogP contribution in [-0.2, 0) is 20.4 Å². The van der Waals surface area contributed by atoms with Gasteiger partial charge in [0.15, 0.2) is 9.84 Å². The van der Waals surface area contributed by atoms with Crippen molar-refractivity contribution in [3.8, 4) is 0 Å². The Morgan fingerprint density at radius 2 is 1.65 bits per heavy atom. The summed E-state index contributed by atoms with van der Waals surface area (Å²) in [5, 5.41) is 12.9. The van der Waals surface area contributed by atoms with E-state index in [1.807, 2.05) is 0 Å². The molecule has 23 heavy (non-hydrogen) atoms. The number of nitrogens with zero attached hydrogens (tertiary/aromatic N) is 1. The van der Waals surface area contributed by atoms with Gasteiger partial charge < -0.3 is 5.32 Å². The third kappa shape index (κ3) is 5.19. The number of nitro groups is 1. The molecule has 8 heteroatoms. The standard InChI is InChI=1S/C15H14N2O5S/c18-15(16-13-6-8-14(9-7-13)17(19)20)11-23(21,22)10-12-4-2-1-3-5-12/h1-9H,10-11H2,(H,16,18). The molecule has 2 rings (SSSR count). The fraction of sp³-hybridized carbons (Fsp3) is 0.133. The second kappa shape index (κ2) is 7.01. The molecule has 2 aromatic rings. The van der Waals surface area contributed by atoms with Gasteiger partial charge in [-0.1, -0.05) is 30.3 Å². The molecule has 0 bridgehead atoms.